The van der Waals surface area contributed by atoms with E-state index in [0.29, 0.717) is 38.8 Å². The highest BCUT2D eigenvalue weighted by Gasteiger charge is 2.62. The molecule has 4 aliphatic rings. The van der Waals surface area contributed by atoms with Crippen LogP contribution >= 0.6 is 0 Å². The number of nitrogens with zero attached hydrogens (tertiary/aromatic N) is 4. The van der Waals surface area contributed by atoms with Gasteiger partial charge in [-0.1, -0.05) is 70.2 Å². The zero-order valence-corrected chi connectivity index (χ0v) is 30.3. The highest BCUT2D eigenvalue weighted by molar-refractivity contribution is 5.98. The Labute approximate surface area is 308 Å². The van der Waals surface area contributed by atoms with Crippen LogP contribution in [0.3, 0.4) is 0 Å². The normalized spacial score (nSPS) is 26.8. The van der Waals surface area contributed by atoms with Crippen LogP contribution in [0.25, 0.3) is 0 Å². The minimum absolute atomic E-state index is 0.0302. The van der Waals surface area contributed by atoms with Crippen molar-refractivity contribution < 1.29 is 38.6 Å². The van der Waals surface area contributed by atoms with E-state index in [0.717, 1.165) is 36.8 Å². The Kier molecular flexibility index (Phi) is 11.6. The number of carboxylic acid groups (broad SMARTS) is 1. The van der Waals surface area contributed by atoms with Crippen LogP contribution in [-0.2, 0) is 36.9 Å². The second-order valence-corrected chi connectivity index (χ2v) is 15.0. The predicted octanol–water partition coefficient (Wildman–Crippen LogP) is 2.58. The van der Waals surface area contributed by atoms with E-state index in [1.165, 1.54) is 23.5 Å². The van der Waals surface area contributed by atoms with Crippen molar-refractivity contribution in [3.63, 3.8) is 0 Å². The van der Waals surface area contributed by atoms with E-state index in [1.807, 2.05) is 24.3 Å². The number of carbonyl (C=O) groups excluding carboxylic acids is 5. The number of carboxylic acids is 1. The molecule has 15 nitrogen and oxygen atoms in total. The Bertz CT molecular complexity index is 1710. The molecule has 53 heavy (non-hydrogen) atoms. The van der Waals surface area contributed by atoms with E-state index < -0.39 is 65.5 Å². The Balaban J connectivity index is 1.22. The zero-order chi connectivity index (χ0) is 37.7. The highest BCUT2D eigenvalue weighted by atomic mass is 16.6. The van der Waals surface area contributed by atoms with E-state index >= 15 is 0 Å². The van der Waals surface area contributed by atoms with Crippen molar-refractivity contribution in [1.82, 2.24) is 35.7 Å². The molecule has 6 rings (SSSR count). The van der Waals surface area contributed by atoms with Crippen molar-refractivity contribution in [2.45, 2.75) is 114 Å². The largest absolute Gasteiger partial charge is 0.479 e. The van der Waals surface area contributed by atoms with Crippen LogP contribution < -0.4 is 16.0 Å². The number of amides is 5. The molecule has 4 heterocycles. The molecule has 2 aromatic rings. The summed E-state index contributed by atoms with van der Waals surface area (Å²) in [6.07, 6.45) is 8.50. The second-order valence-electron chi connectivity index (χ2n) is 15.0. The number of benzene rings is 1. The monoisotopic (exact) mass is 731 g/mol. The molecule has 3 fully saturated rings. The van der Waals surface area contributed by atoms with Crippen LogP contribution in [-0.4, -0.2) is 103 Å². The van der Waals surface area contributed by atoms with Crippen LogP contribution in [0.1, 0.15) is 93.3 Å². The number of fused-ring (bicyclic) bond motifs is 3. The van der Waals surface area contributed by atoms with Crippen LogP contribution in [0.4, 0.5) is 4.79 Å². The molecule has 0 bridgehead atoms. The summed E-state index contributed by atoms with van der Waals surface area (Å²) in [5, 5.41) is 18.6. The topological polar surface area (TPSA) is 200 Å². The van der Waals surface area contributed by atoms with Gasteiger partial charge in [-0.25, -0.2) is 14.6 Å². The molecular formula is C38H49N7O8. The Morgan fingerprint density at radius 1 is 1.02 bits per heavy atom. The molecule has 1 aliphatic carbocycles. The lowest BCUT2D eigenvalue weighted by atomic mass is 10.0. The molecule has 1 aromatic carbocycles. The lowest BCUT2D eigenvalue weighted by Crippen LogP contribution is -2.58. The molecule has 1 aromatic heterocycles. The Morgan fingerprint density at radius 3 is 2.47 bits per heavy atom. The lowest BCUT2D eigenvalue weighted by Gasteiger charge is -2.31. The maximum absolute atomic E-state index is 14.5. The summed E-state index contributed by atoms with van der Waals surface area (Å²) in [6, 6.07) is 4.66. The number of hydrogen-bond donors (Lipinski definition) is 4. The quantitative estimate of drug-likeness (QED) is 0.328. The maximum Gasteiger partial charge on any atom is 0.410 e. The molecule has 284 valence electrons. The van der Waals surface area contributed by atoms with Crippen LogP contribution in [0, 0.1) is 11.8 Å². The van der Waals surface area contributed by atoms with Crippen molar-refractivity contribution >= 4 is 35.7 Å². The fourth-order valence-corrected chi connectivity index (χ4v) is 7.85. The molecule has 15 heteroatoms. The summed E-state index contributed by atoms with van der Waals surface area (Å²) >= 11 is 0. The van der Waals surface area contributed by atoms with E-state index in [-0.39, 0.29) is 36.9 Å². The first-order valence-electron chi connectivity index (χ1n) is 18.7. The number of rotatable bonds is 7. The van der Waals surface area contributed by atoms with Crippen molar-refractivity contribution in [2.24, 2.45) is 11.8 Å². The molecule has 3 aliphatic heterocycles. The average molecular weight is 732 g/mol. The van der Waals surface area contributed by atoms with Gasteiger partial charge in [0.1, 0.15) is 35.5 Å². The smallest absolute Gasteiger partial charge is 0.410 e. The van der Waals surface area contributed by atoms with Crippen molar-refractivity contribution in [3.05, 3.63) is 59.7 Å². The summed E-state index contributed by atoms with van der Waals surface area (Å²) in [6.45, 7) is 4.25. The fourth-order valence-electron chi connectivity index (χ4n) is 7.85. The van der Waals surface area contributed by atoms with E-state index in [9.17, 15) is 33.9 Å². The van der Waals surface area contributed by atoms with Crippen LogP contribution in [0.2, 0.25) is 0 Å². The summed E-state index contributed by atoms with van der Waals surface area (Å²) < 4.78 is 5.94. The first-order chi connectivity index (χ1) is 25.5. The summed E-state index contributed by atoms with van der Waals surface area (Å²) in [5.74, 6) is -4.03. The minimum atomic E-state index is -1.42. The van der Waals surface area contributed by atoms with Gasteiger partial charge in [0.2, 0.25) is 17.7 Å². The summed E-state index contributed by atoms with van der Waals surface area (Å²) in [4.78, 5) is 92.1. The van der Waals surface area contributed by atoms with Gasteiger partial charge in [0.15, 0.2) is 0 Å². The van der Waals surface area contributed by atoms with Crippen molar-refractivity contribution in [1.29, 1.82) is 0 Å². The maximum atomic E-state index is 14.5. The van der Waals surface area contributed by atoms with E-state index in [4.69, 9.17) is 4.74 Å². The molecular weight excluding hydrogens is 682 g/mol. The molecule has 1 saturated carbocycles. The second kappa shape index (κ2) is 16.3. The number of ether oxygens (including phenoxy) is 1. The van der Waals surface area contributed by atoms with Crippen LogP contribution in [0.15, 0.2) is 42.9 Å². The molecule has 2 saturated heterocycles. The van der Waals surface area contributed by atoms with Gasteiger partial charge in [-0.3, -0.25) is 24.2 Å². The third-order valence-corrected chi connectivity index (χ3v) is 11.0. The predicted molar refractivity (Wildman–Crippen MR) is 190 cm³/mol. The van der Waals surface area contributed by atoms with Crippen LogP contribution in [0.5, 0.6) is 0 Å². The molecule has 0 spiro atoms. The first-order valence-corrected chi connectivity index (χ1v) is 18.7. The minimum Gasteiger partial charge on any atom is -0.479 e. The third kappa shape index (κ3) is 8.60. The van der Waals surface area contributed by atoms with Crippen molar-refractivity contribution in [2.75, 3.05) is 13.1 Å². The summed E-state index contributed by atoms with van der Waals surface area (Å²) in [7, 11) is 0. The Hall–Kier alpha value is -5.08. The number of aliphatic carboxylic acids is 1. The van der Waals surface area contributed by atoms with E-state index in [1.54, 1.807) is 18.7 Å². The number of nitrogens with one attached hydrogen (secondary N) is 3. The molecule has 6 atom stereocenters. The lowest BCUT2D eigenvalue weighted by molar-refractivity contribution is -0.146. The highest BCUT2D eigenvalue weighted by Crippen LogP contribution is 2.47. The van der Waals surface area contributed by atoms with Gasteiger partial charge in [0.25, 0.3) is 5.91 Å². The van der Waals surface area contributed by atoms with Gasteiger partial charge in [-0.2, -0.15) is 0 Å². The van der Waals surface area contributed by atoms with Gasteiger partial charge in [0, 0.05) is 31.9 Å². The van der Waals surface area contributed by atoms with Gasteiger partial charge in [0.05, 0.1) is 12.7 Å². The Morgan fingerprint density at radius 2 is 1.75 bits per heavy atom. The zero-order valence-electron chi connectivity index (χ0n) is 30.3. The van der Waals surface area contributed by atoms with E-state index in [2.05, 4.69) is 25.9 Å². The standard InChI is InChI=1S/C38H49N7O8/c1-23(2)31(42-32(46)29-20-39-15-16-40-29)34(48)41-28-13-7-5-3-4-6-12-26-19-38(26,36(50)51)43-33(47)30-18-27(22-45(30)35(28)49)53-37(52)44-17-14-24-10-8-9-11-25(24)21-44/h8-11,15-16,20,23,26-28,30-31H,3-7,12-14,17-19,21-22H2,1-2H3,(H,41,48)(H,42,46)(H,43,47)(H,50,51)/t26-,27-,28+,30+,31-,38-/m1/s1. The first kappa shape index (κ1) is 37.7. The third-order valence-electron chi connectivity index (χ3n) is 11.0. The SMILES string of the molecule is CC(C)[C@@H](NC(=O)c1cnccn1)C(=O)N[C@H]1CCCCCCC[C@@H]2C[C@@]2(C(=O)O)NC(=O)[C@@H]2C[C@@H](OC(=O)N3CCc4ccccc4C3)CN2C1=O. The number of aromatic nitrogens is 2. The molecule has 4 N–H and O–H groups in total. The van der Waals surface area contributed by atoms with Gasteiger partial charge in [-0.15, -0.1) is 0 Å². The average Bonchev–Trinajstić information content (AvgIpc) is 3.69. The number of hydrogen-bond acceptors (Lipinski definition) is 9. The fraction of sp³-hybridized carbons (Fsp3) is 0.579. The molecule has 5 amide bonds. The van der Waals surface area contributed by atoms with Crippen molar-refractivity contribution in [3.8, 4) is 0 Å². The molecule has 0 radical (unpaired) electrons. The summed E-state index contributed by atoms with van der Waals surface area (Å²) in [5.41, 5.74) is 0.806. The number of carbonyl (C=O) groups is 6. The van der Waals surface area contributed by atoms with Gasteiger partial charge >= 0.3 is 12.1 Å². The van der Waals surface area contributed by atoms with Gasteiger partial charge < -0.3 is 35.6 Å². The molecule has 0 unspecified atom stereocenters. The van der Waals surface area contributed by atoms with Gasteiger partial charge in [-0.05, 0) is 48.6 Å².